The van der Waals surface area contributed by atoms with E-state index in [0.29, 0.717) is 32.1 Å². The lowest BCUT2D eigenvalue weighted by Crippen LogP contribution is -2.50. The zero-order chi connectivity index (χ0) is 32.6. The molecular weight excluding hydrogens is 566 g/mol. The first-order chi connectivity index (χ1) is 21.8. The molecule has 4 amide bonds. The van der Waals surface area contributed by atoms with Crippen LogP contribution < -0.4 is 9.64 Å². The quantitative estimate of drug-likeness (QED) is 0.282. The molecule has 0 spiro atoms. The number of rotatable bonds is 11. The minimum atomic E-state index is -0.177. The number of carbonyl (C=O) groups excluding carboxylic acids is 3. The minimum Gasteiger partial charge on any atom is -0.493 e. The number of hydrogen-bond acceptors (Lipinski definition) is 6. The predicted molar refractivity (Wildman–Crippen MR) is 181 cm³/mol. The van der Waals surface area contributed by atoms with Crippen LogP contribution in [-0.4, -0.2) is 89.9 Å². The Labute approximate surface area is 270 Å². The number of ether oxygens (including phenoxy) is 1. The number of amides is 4. The summed E-state index contributed by atoms with van der Waals surface area (Å²) in [5.74, 6) is 1.16. The number of aromatic nitrogens is 1. The second kappa shape index (κ2) is 18.9. The standard InChI is InChI=1S/C22H34N2O.C7H12N2O2.C7H7NO/c1-4-7-11-19-12-9-13-21(17-19)24(16-8-5-2)22(25)18-23-15-10-14-20(23)6-3;1-3-9-6(10)4-5-8(2)7(9)11;1-3-8-5-6-2-4-9-7(1)6/h6,9,12-13,17,20H,3-5,7-8,10-11,14-16,18H2,1-2H3;3-5H2,1-2H3;1,3,5H,2,4H2. The highest BCUT2D eigenvalue weighted by Crippen LogP contribution is 2.23. The minimum absolute atomic E-state index is 0.0596. The molecule has 1 aromatic heterocycles. The lowest BCUT2D eigenvalue weighted by atomic mass is 10.1. The molecule has 1 atom stereocenters. The Kier molecular flexibility index (Phi) is 15.1. The maximum Gasteiger partial charge on any atom is 0.326 e. The largest absolute Gasteiger partial charge is 0.493 e. The highest BCUT2D eigenvalue weighted by Gasteiger charge is 2.28. The maximum absolute atomic E-state index is 13.0. The van der Waals surface area contributed by atoms with Gasteiger partial charge in [0, 0.05) is 69.2 Å². The van der Waals surface area contributed by atoms with Crippen molar-refractivity contribution >= 4 is 23.5 Å². The van der Waals surface area contributed by atoms with Crippen LogP contribution in [0.1, 0.15) is 76.8 Å². The van der Waals surface area contributed by atoms with E-state index in [2.05, 4.69) is 54.6 Å². The zero-order valence-corrected chi connectivity index (χ0v) is 27.9. The van der Waals surface area contributed by atoms with E-state index in [0.717, 1.165) is 69.7 Å². The van der Waals surface area contributed by atoms with Crippen LogP contribution in [0.3, 0.4) is 0 Å². The average Bonchev–Trinajstić information content (AvgIpc) is 3.73. The fraction of sp³-hybridized carbons (Fsp3) is 0.556. The Morgan fingerprint density at radius 1 is 1.11 bits per heavy atom. The van der Waals surface area contributed by atoms with Crippen LogP contribution in [0.4, 0.5) is 10.5 Å². The smallest absolute Gasteiger partial charge is 0.326 e. The fourth-order valence-corrected chi connectivity index (χ4v) is 5.68. The van der Waals surface area contributed by atoms with Crippen LogP contribution >= 0.6 is 0 Å². The molecule has 5 rings (SSSR count). The van der Waals surface area contributed by atoms with Crippen LogP contribution in [0.5, 0.6) is 5.75 Å². The molecule has 3 aliphatic heterocycles. The van der Waals surface area contributed by atoms with E-state index in [9.17, 15) is 14.4 Å². The molecule has 2 saturated heterocycles. The van der Waals surface area contributed by atoms with Crippen LogP contribution in [-0.2, 0) is 22.4 Å². The summed E-state index contributed by atoms with van der Waals surface area (Å²) in [6.07, 6.45) is 15.0. The van der Waals surface area contributed by atoms with E-state index in [-0.39, 0.29) is 17.8 Å². The molecule has 246 valence electrons. The molecular formula is C36H53N5O4. The van der Waals surface area contributed by atoms with Gasteiger partial charge in [0.25, 0.3) is 0 Å². The predicted octanol–water partition coefficient (Wildman–Crippen LogP) is 6.12. The molecule has 45 heavy (non-hydrogen) atoms. The van der Waals surface area contributed by atoms with Crippen molar-refractivity contribution in [3.05, 3.63) is 66.5 Å². The van der Waals surface area contributed by atoms with Crippen molar-refractivity contribution in [3.8, 4) is 5.75 Å². The topological polar surface area (TPSA) is 86.3 Å². The second-order valence-corrected chi connectivity index (χ2v) is 11.8. The Morgan fingerprint density at radius 3 is 2.60 bits per heavy atom. The van der Waals surface area contributed by atoms with Crippen LogP contribution in [0.2, 0.25) is 0 Å². The summed E-state index contributed by atoms with van der Waals surface area (Å²) in [4.78, 5) is 46.4. The number of likely N-dealkylation sites (tertiary alicyclic amines) is 1. The van der Waals surface area contributed by atoms with E-state index in [1.807, 2.05) is 23.2 Å². The van der Waals surface area contributed by atoms with Gasteiger partial charge in [-0.15, -0.1) is 6.58 Å². The van der Waals surface area contributed by atoms with E-state index >= 15 is 0 Å². The molecule has 2 aromatic rings. The van der Waals surface area contributed by atoms with Gasteiger partial charge in [0.05, 0.1) is 13.2 Å². The van der Waals surface area contributed by atoms with Crippen molar-refractivity contribution in [2.24, 2.45) is 0 Å². The van der Waals surface area contributed by atoms with Crippen molar-refractivity contribution < 1.29 is 19.1 Å². The average molecular weight is 620 g/mol. The Morgan fingerprint density at radius 2 is 1.91 bits per heavy atom. The molecule has 0 aliphatic carbocycles. The number of pyridine rings is 1. The lowest BCUT2D eigenvalue weighted by Gasteiger charge is -2.30. The molecule has 1 unspecified atom stereocenters. The van der Waals surface area contributed by atoms with Crippen molar-refractivity contribution in [3.63, 3.8) is 0 Å². The molecule has 9 heteroatoms. The molecule has 4 heterocycles. The first kappa shape index (κ1) is 35.8. The van der Waals surface area contributed by atoms with Gasteiger partial charge in [-0.1, -0.05) is 44.9 Å². The highest BCUT2D eigenvalue weighted by atomic mass is 16.5. The number of aryl methyl sites for hydroxylation is 1. The number of imide groups is 1. The van der Waals surface area contributed by atoms with Gasteiger partial charge >= 0.3 is 6.03 Å². The first-order valence-electron chi connectivity index (χ1n) is 16.7. The number of carbonyl (C=O) groups is 3. The highest BCUT2D eigenvalue weighted by molar-refractivity contribution is 5.96. The summed E-state index contributed by atoms with van der Waals surface area (Å²) < 4.78 is 5.26. The van der Waals surface area contributed by atoms with Crippen molar-refractivity contribution in [1.29, 1.82) is 0 Å². The summed E-state index contributed by atoms with van der Waals surface area (Å²) in [5, 5.41) is 0. The number of hydrogen-bond donors (Lipinski definition) is 0. The SMILES string of the molecule is C=CC1CCCN1CC(=O)N(CCCC)c1cccc(CCCC)c1.CCN1C(=O)CCN(C)C1=O.c1cc2c(cn1)CCO2. The van der Waals surface area contributed by atoms with Gasteiger partial charge in [0.1, 0.15) is 5.75 Å². The van der Waals surface area contributed by atoms with Crippen LogP contribution in [0, 0.1) is 0 Å². The lowest BCUT2D eigenvalue weighted by molar-refractivity contribution is -0.130. The van der Waals surface area contributed by atoms with E-state index in [1.54, 1.807) is 25.1 Å². The van der Waals surface area contributed by atoms with Gasteiger partial charge in [-0.05, 0) is 69.3 Å². The van der Waals surface area contributed by atoms with Gasteiger partial charge in [-0.3, -0.25) is 24.4 Å². The van der Waals surface area contributed by atoms with Crippen molar-refractivity contribution in [1.82, 2.24) is 19.7 Å². The molecule has 0 saturated carbocycles. The maximum atomic E-state index is 13.0. The number of benzene rings is 1. The number of nitrogens with zero attached hydrogens (tertiary/aromatic N) is 5. The summed E-state index contributed by atoms with van der Waals surface area (Å²) in [6, 6.07) is 10.6. The molecule has 1 aromatic carbocycles. The Balaban J connectivity index is 0.000000223. The third kappa shape index (κ3) is 10.7. The molecule has 0 N–H and O–H groups in total. The molecule has 0 radical (unpaired) electrons. The zero-order valence-electron chi connectivity index (χ0n) is 27.9. The first-order valence-corrected chi connectivity index (χ1v) is 16.7. The normalized spacial score (nSPS) is 17.5. The van der Waals surface area contributed by atoms with E-state index < -0.39 is 0 Å². The van der Waals surface area contributed by atoms with Gasteiger partial charge in [0.15, 0.2) is 0 Å². The van der Waals surface area contributed by atoms with Crippen LogP contribution in [0.15, 0.2) is 55.4 Å². The van der Waals surface area contributed by atoms with Gasteiger partial charge in [-0.2, -0.15) is 0 Å². The second-order valence-electron chi connectivity index (χ2n) is 11.8. The number of anilines is 1. The Hall–Kier alpha value is -3.72. The Bertz CT molecular complexity index is 1230. The van der Waals surface area contributed by atoms with Crippen LogP contribution in [0.25, 0.3) is 0 Å². The molecule has 3 aliphatic rings. The van der Waals surface area contributed by atoms with Crippen molar-refractivity contribution in [2.75, 3.05) is 51.3 Å². The van der Waals surface area contributed by atoms with Gasteiger partial charge < -0.3 is 14.5 Å². The molecule has 9 nitrogen and oxygen atoms in total. The summed E-state index contributed by atoms with van der Waals surface area (Å²) in [7, 11) is 1.71. The fourth-order valence-electron chi connectivity index (χ4n) is 5.68. The van der Waals surface area contributed by atoms with E-state index in [1.165, 1.54) is 28.9 Å². The summed E-state index contributed by atoms with van der Waals surface area (Å²) >= 11 is 0. The molecule has 2 fully saturated rings. The monoisotopic (exact) mass is 619 g/mol. The molecule has 0 bridgehead atoms. The third-order valence-electron chi connectivity index (χ3n) is 8.43. The summed E-state index contributed by atoms with van der Waals surface area (Å²) in [6.45, 7) is 14.3. The van der Waals surface area contributed by atoms with Gasteiger partial charge in [-0.25, -0.2) is 4.79 Å². The van der Waals surface area contributed by atoms with E-state index in [4.69, 9.17) is 4.74 Å². The summed E-state index contributed by atoms with van der Waals surface area (Å²) in [5.41, 5.74) is 3.62. The number of fused-ring (bicyclic) bond motifs is 1. The third-order valence-corrected chi connectivity index (χ3v) is 8.43. The van der Waals surface area contributed by atoms with Gasteiger partial charge in [0.2, 0.25) is 11.8 Å². The van der Waals surface area contributed by atoms with Crippen molar-refractivity contribution in [2.45, 2.75) is 84.6 Å². The number of urea groups is 1. The number of unbranched alkanes of at least 4 members (excludes halogenated alkanes) is 2.